The van der Waals surface area contributed by atoms with E-state index in [1.165, 1.54) is 11.1 Å². The Balaban J connectivity index is 1.41. The summed E-state index contributed by atoms with van der Waals surface area (Å²) in [6.07, 6.45) is 3.39. The Labute approximate surface area is 172 Å². The molecule has 2 N–H and O–H groups in total. The minimum Gasteiger partial charge on any atom is -0.497 e. The highest BCUT2D eigenvalue weighted by Gasteiger charge is 2.07. The van der Waals surface area contributed by atoms with Crippen molar-refractivity contribution in [3.05, 3.63) is 71.6 Å². The number of aliphatic imine (C=N–C) groups is 1. The molecule has 6 heteroatoms. The fourth-order valence-corrected chi connectivity index (χ4v) is 2.90. The molecule has 0 aliphatic carbocycles. The number of benzene rings is 2. The number of hydrogen-bond donors (Lipinski definition) is 2. The van der Waals surface area contributed by atoms with Crippen molar-refractivity contribution in [2.24, 2.45) is 4.99 Å². The first kappa shape index (κ1) is 20.5. The van der Waals surface area contributed by atoms with Crippen LogP contribution in [0, 0.1) is 6.92 Å². The largest absolute Gasteiger partial charge is 0.497 e. The van der Waals surface area contributed by atoms with Gasteiger partial charge in [0, 0.05) is 32.1 Å². The quantitative estimate of drug-likeness (QED) is 0.453. The summed E-state index contributed by atoms with van der Waals surface area (Å²) in [6.45, 7) is 3.59. The van der Waals surface area contributed by atoms with Crippen molar-refractivity contribution in [2.75, 3.05) is 27.2 Å². The lowest BCUT2D eigenvalue weighted by Crippen LogP contribution is -2.39. The van der Waals surface area contributed by atoms with Crippen molar-refractivity contribution in [2.45, 2.75) is 19.8 Å². The summed E-state index contributed by atoms with van der Waals surface area (Å²) in [7, 11) is 3.45. The summed E-state index contributed by atoms with van der Waals surface area (Å²) in [5.74, 6) is 2.31. The van der Waals surface area contributed by atoms with E-state index in [0.29, 0.717) is 5.89 Å². The summed E-state index contributed by atoms with van der Waals surface area (Å²) in [5.41, 5.74) is 4.38. The van der Waals surface area contributed by atoms with Gasteiger partial charge in [-0.2, -0.15) is 0 Å². The second kappa shape index (κ2) is 10.3. The lowest BCUT2D eigenvalue weighted by Gasteiger charge is -2.11. The van der Waals surface area contributed by atoms with Crippen LogP contribution in [-0.2, 0) is 12.8 Å². The summed E-state index contributed by atoms with van der Waals surface area (Å²) < 4.78 is 10.8. The number of guanidine groups is 1. The fraction of sp³-hybridized carbons (Fsp3) is 0.304. The van der Waals surface area contributed by atoms with Gasteiger partial charge in [-0.3, -0.25) is 4.99 Å². The molecule has 0 aliphatic rings. The first-order valence-electron chi connectivity index (χ1n) is 9.77. The zero-order chi connectivity index (χ0) is 20.5. The molecule has 0 saturated heterocycles. The van der Waals surface area contributed by atoms with Gasteiger partial charge < -0.3 is 19.8 Å². The maximum absolute atomic E-state index is 5.61. The van der Waals surface area contributed by atoms with Crippen LogP contribution >= 0.6 is 0 Å². The van der Waals surface area contributed by atoms with E-state index in [0.717, 1.165) is 48.9 Å². The molecule has 0 bridgehead atoms. The van der Waals surface area contributed by atoms with Gasteiger partial charge in [0.05, 0.1) is 12.8 Å². The Morgan fingerprint density at radius 1 is 1.00 bits per heavy atom. The van der Waals surface area contributed by atoms with Crippen LogP contribution in [0.2, 0.25) is 0 Å². The van der Waals surface area contributed by atoms with Gasteiger partial charge in [0.1, 0.15) is 12.0 Å². The van der Waals surface area contributed by atoms with Gasteiger partial charge in [0.15, 0.2) is 5.96 Å². The number of nitrogens with zero attached hydrogens (tertiary/aromatic N) is 2. The van der Waals surface area contributed by atoms with Crippen LogP contribution in [0.15, 0.2) is 64.2 Å². The van der Waals surface area contributed by atoms with E-state index in [9.17, 15) is 0 Å². The van der Waals surface area contributed by atoms with E-state index >= 15 is 0 Å². The number of oxazole rings is 1. The second-order valence-electron chi connectivity index (χ2n) is 6.78. The van der Waals surface area contributed by atoms with Crippen LogP contribution in [-0.4, -0.2) is 38.2 Å². The van der Waals surface area contributed by atoms with E-state index in [-0.39, 0.29) is 0 Å². The molecule has 0 radical (unpaired) electrons. The Kier molecular flexibility index (Phi) is 7.28. The number of rotatable bonds is 8. The molecule has 152 valence electrons. The number of ether oxygens (including phenoxy) is 1. The zero-order valence-electron chi connectivity index (χ0n) is 17.2. The number of aryl methyl sites for hydroxylation is 1. The standard InChI is InChI=1S/C23H28N4O2/c1-17-4-8-19(9-5-17)22-27-20(16-29-22)13-15-26-23(24-2)25-14-12-18-6-10-21(28-3)11-7-18/h4-11,16H,12-15H2,1-3H3,(H2,24,25,26). The highest BCUT2D eigenvalue weighted by atomic mass is 16.5. The SMILES string of the molecule is CN=C(NCCc1ccc(OC)cc1)NCCc1coc(-c2ccc(C)cc2)n1. The van der Waals surface area contributed by atoms with Gasteiger partial charge >= 0.3 is 0 Å². The summed E-state index contributed by atoms with van der Waals surface area (Å²) in [5, 5.41) is 6.65. The fourth-order valence-electron chi connectivity index (χ4n) is 2.90. The zero-order valence-corrected chi connectivity index (χ0v) is 17.2. The maximum Gasteiger partial charge on any atom is 0.226 e. The van der Waals surface area contributed by atoms with Crippen LogP contribution in [0.4, 0.5) is 0 Å². The van der Waals surface area contributed by atoms with E-state index in [4.69, 9.17) is 9.15 Å². The monoisotopic (exact) mass is 392 g/mol. The molecule has 0 aliphatic heterocycles. The van der Waals surface area contributed by atoms with Gasteiger partial charge in [-0.1, -0.05) is 29.8 Å². The Morgan fingerprint density at radius 2 is 1.69 bits per heavy atom. The molecular formula is C23H28N4O2. The topological polar surface area (TPSA) is 71.7 Å². The third-order valence-electron chi connectivity index (χ3n) is 4.61. The molecule has 1 heterocycles. The highest BCUT2D eigenvalue weighted by molar-refractivity contribution is 5.79. The minimum absolute atomic E-state index is 0.655. The Morgan fingerprint density at radius 3 is 2.34 bits per heavy atom. The van der Waals surface area contributed by atoms with Gasteiger partial charge in [-0.15, -0.1) is 0 Å². The summed E-state index contributed by atoms with van der Waals surface area (Å²) in [4.78, 5) is 8.84. The molecule has 0 saturated carbocycles. The number of methoxy groups -OCH3 is 1. The second-order valence-corrected chi connectivity index (χ2v) is 6.78. The molecular weight excluding hydrogens is 364 g/mol. The smallest absolute Gasteiger partial charge is 0.226 e. The van der Waals surface area contributed by atoms with Crippen molar-refractivity contribution >= 4 is 5.96 Å². The molecule has 0 amide bonds. The third kappa shape index (κ3) is 6.10. The van der Waals surface area contributed by atoms with Crippen molar-refractivity contribution in [1.29, 1.82) is 0 Å². The van der Waals surface area contributed by atoms with Crippen molar-refractivity contribution in [1.82, 2.24) is 15.6 Å². The predicted molar refractivity (Wildman–Crippen MR) is 116 cm³/mol. The van der Waals surface area contributed by atoms with Gasteiger partial charge in [-0.05, 0) is 43.2 Å². The molecule has 6 nitrogen and oxygen atoms in total. The Hall–Kier alpha value is -3.28. The van der Waals surface area contributed by atoms with E-state index < -0.39 is 0 Å². The molecule has 3 aromatic rings. The van der Waals surface area contributed by atoms with E-state index in [1.807, 2.05) is 24.3 Å². The number of hydrogen-bond acceptors (Lipinski definition) is 4. The van der Waals surface area contributed by atoms with Crippen molar-refractivity contribution in [3.8, 4) is 17.2 Å². The third-order valence-corrected chi connectivity index (χ3v) is 4.61. The van der Waals surface area contributed by atoms with E-state index in [2.05, 4.69) is 51.8 Å². The lowest BCUT2D eigenvalue weighted by molar-refractivity contribution is 0.414. The average molecular weight is 393 g/mol. The van der Waals surface area contributed by atoms with Gasteiger partial charge in [0.25, 0.3) is 0 Å². The minimum atomic E-state index is 0.655. The molecule has 0 fully saturated rings. The average Bonchev–Trinajstić information content (AvgIpc) is 3.22. The van der Waals surface area contributed by atoms with E-state index in [1.54, 1.807) is 20.4 Å². The molecule has 2 aromatic carbocycles. The van der Waals surface area contributed by atoms with Crippen molar-refractivity contribution < 1.29 is 9.15 Å². The van der Waals surface area contributed by atoms with Crippen LogP contribution in [0.3, 0.4) is 0 Å². The lowest BCUT2D eigenvalue weighted by atomic mass is 10.1. The molecule has 0 spiro atoms. The molecule has 29 heavy (non-hydrogen) atoms. The van der Waals surface area contributed by atoms with Crippen LogP contribution in [0.5, 0.6) is 5.75 Å². The molecule has 1 aromatic heterocycles. The van der Waals surface area contributed by atoms with Crippen LogP contribution < -0.4 is 15.4 Å². The summed E-state index contributed by atoms with van der Waals surface area (Å²) in [6, 6.07) is 16.3. The number of aromatic nitrogens is 1. The molecule has 0 atom stereocenters. The maximum atomic E-state index is 5.61. The molecule has 3 rings (SSSR count). The first-order chi connectivity index (χ1) is 14.2. The first-order valence-corrected chi connectivity index (χ1v) is 9.77. The molecule has 0 unspecified atom stereocenters. The number of nitrogens with one attached hydrogen (secondary N) is 2. The highest BCUT2D eigenvalue weighted by Crippen LogP contribution is 2.19. The van der Waals surface area contributed by atoms with Gasteiger partial charge in [-0.25, -0.2) is 4.98 Å². The Bertz CT molecular complexity index is 915. The van der Waals surface area contributed by atoms with Gasteiger partial charge in [0.2, 0.25) is 5.89 Å². The van der Waals surface area contributed by atoms with Crippen LogP contribution in [0.25, 0.3) is 11.5 Å². The summed E-state index contributed by atoms with van der Waals surface area (Å²) >= 11 is 0. The predicted octanol–water partition coefficient (Wildman–Crippen LogP) is 3.61. The van der Waals surface area contributed by atoms with Crippen LogP contribution in [0.1, 0.15) is 16.8 Å². The van der Waals surface area contributed by atoms with Crippen molar-refractivity contribution in [3.63, 3.8) is 0 Å². The normalized spacial score (nSPS) is 11.3.